The Morgan fingerprint density at radius 2 is 1.17 bits per heavy atom. The van der Waals surface area contributed by atoms with Crippen LogP contribution in [0.1, 0.15) is 117 Å². The first-order chi connectivity index (χ1) is 11.8. The number of nitrogens with two attached hydrogens (primary N) is 1. The van der Waals surface area contributed by atoms with Gasteiger partial charge in [0.25, 0.3) is 0 Å². The summed E-state index contributed by atoms with van der Waals surface area (Å²) in [7, 11) is 0. The van der Waals surface area contributed by atoms with Crippen molar-refractivity contribution in [3.05, 3.63) is 0 Å². The first kappa shape index (κ1) is 23.9. The first-order valence-electron chi connectivity index (χ1n) is 11.3. The van der Waals surface area contributed by atoms with Gasteiger partial charge in [0.2, 0.25) is 0 Å². The van der Waals surface area contributed by atoms with Crippen molar-refractivity contribution in [2.45, 2.75) is 117 Å². The van der Waals surface area contributed by atoms with Gasteiger partial charge < -0.3 is 11.1 Å². The molecule has 0 aromatic heterocycles. The molecule has 2 nitrogen and oxygen atoms in total. The molecule has 0 aromatic carbocycles. The van der Waals surface area contributed by atoms with Gasteiger partial charge in [-0.25, -0.2) is 0 Å². The molecule has 0 rings (SSSR count). The van der Waals surface area contributed by atoms with Gasteiger partial charge in [0.15, 0.2) is 0 Å². The van der Waals surface area contributed by atoms with Crippen molar-refractivity contribution >= 4 is 0 Å². The van der Waals surface area contributed by atoms with E-state index in [-0.39, 0.29) is 0 Å². The van der Waals surface area contributed by atoms with Crippen LogP contribution in [0.15, 0.2) is 0 Å². The second-order valence-electron chi connectivity index (χ2n) is 7.65. The van der Waals surface area contributed by atoms with E-state index in [1.807, 2.05) is 0 Å². The minimum Gasteiger partial charge on any atom is -0.330 e. The molecule has 1 unspecified atom stereocenters. The summed E-state index contributed by atoms with van der Waals surface area (Å²) >= 11 is 0. The zero-order valence-electron chi connectivity index (χ0n) is 17.1. The van der Waals surface area contributed by atoms with E-state index in [1.54, 1.807) is 0 Å². The molecule has 0 saturated heterocycles. The van der Waals surface area contributed by atoms with E-state index in [0.717, 1.165) is 12.5 Å². The summed E-state index contributed by atoms with van der Waals surface area (Å²) in [6.45, 7) is 7.96. The molecule has 0 fully saturated rings. The Morgan fingerprint density at radius 1 is 0.667 bits per heavy atom. The highest BCUT2D eigenvalue weighted by atomic mass is 14.8. The molecule has 0 aliphatic heterocycles. The maximum atomic E-state index is 5.51. The van der Waals surface area contributed by atoms with Gasteiger partial charge in [-0.1, -0.05) is 97.3 Å². The van der Waals surface area contributed by atoms with Crippen LogP contribution in [0, 0.1) is 5.92 Å². The number of hydrogen-bond acceptors (Lipinski definition) is 2. The highest BCUT2D eigenvalue weighted by Crippen LogP contribution is 2.13. The molecule has 0 bridgehead atoms. The summed E-state index contributed by atoms with van der Waals surface area (Å²) in [5.41, 5.74) is 5.51. The smallest absolute Gasteiger partial charge is 0.00206 e. The zero-order valence-corrected chi connectivity index (χ0v) is 17.1. The molecule has 0 saturated carbocycles. The lowest BCUT2D eigenvalue weighted by Gasteiger charge is -2.15. The standard InChI is InChI=1S/C22H48N2/c1-3-5-18-22(4-2)21-24-20-17-15-13-11-9-7-6-8-10-12-14-16-19-23/h22,24H,3-21,23H2,1-2H3. The van der Waals surface area contributed by atoms with Crippen molar-refractivity contribution in [1.29, 1.82) is 0 Å². The minimum atomic E-state index is 0.869. The number of unbranched alkanes of at least 4 members (excludes halogenated alkanes) is 12. The van der Waals surface area contributed by atoms with Gasteiger partial charge in [-0.05, 0) is 44.8 Å². The van der Waals surface area contributed by atoms with Crippen LogP contribution in [-0.2, 0) is 0 Å². The van der Waals surface area contributed by atoms with Gasteiger partial charge in [-0.2, -0.15) is 0 Å². The number of nitrogens with one attached hydrogen (secondary N) is 1. The first-order valence-corrected chi connectivity index (χ1v) is 11.3. The summed E-state index contributed by atoms with van der Waals surface area (Å²) in [5, 5.41) is 3.68. The third-order valence-corrected chi connectivity index (χ3v) is 5.28. The fourth-order valence-electron chi connectivity index (χ4n) is 3.41. The monoisotopic (exact) mass is 340 g/mol. The summed E-state index contributed by atoms with van der Waals surface area (Å²) in [6, 6.07) is 0. The lowest BCUT2D eigenvalue weighted by molar-refractivity contribution is 0.415. The molecule has 0 amide bonds. The average molecular weight is 341 g/mol. The SMILES string of the molecule is CCCCC(CC)CNCCCCCCCCCCCCCCN. The van der Waals surface area contributed by atoms with Crippen molar-refractivity contribution in [1.82, 2.24) is 5.32 Å². The van der Waals surface area contributed by atoms with Crippen molar-refractivity contribution in [2.24, 2.45) is 11.7 Å². The van der Waals surface area contributed by atoms with Crippen molar-refractivity contribution in [3.63, 3.8) is 0 Å². The fourth-order valence-corrected chi connectivity index (χ4v) is 3.41. The second kappa shape index (κ2) is 21.0. The zero-order chi connectivity index (χ0) is 17.7. The third kappa shape index (κ3) is 18.3. The second-order valence-corrected chi connectivity index (χ2v) is 7.65. The average Bonchev–Trinajstić information content (AvgIpc) is 2.61. The predicted molar refractivity (Wildman–Crippen MR) is 111 cm³/mol. The van der Waals surface area contributed by atoms with Crippen molar-refractivity contribution in [3.8, 4) is 0 Å². The van der Waals surface area contributed by atoms with Gasteiger partial charge in [0, 0.05) is 0 Å². The Morgan fingerprint density at radius 3 is 1.62 bits per heavy atom. The van der Waals surface area contributed by atoms with Gasteiger partial charge >= 0.3 is 0 Å². The van der Waals surface area contributed by atoms with Crippen LogP contribution in [0.4, 0.5) is 0 Å². The third-order valence-electron chi connectivity index (χ3n) is 5.28. The molecule has 146 valence electrons. The van der Waals surface area contributed by atoms with E-state index in [4.69, 9.17) is 5.73 Å². The van der Waals surface area contributed by atoms with Crippen LogP contribution < -0.4 is 11.1 Å². The van der Waals surface area contributed by atoms with Crippen molar-refractivity contribution < 1.29 is 0 Å². The van der Waals surface area contributed by atoms with Gasteiger partial charge in [0.1, 0.15) is 0 Å². The van der Waals surface area contributed by atoms with Crippen LogP contribution >= 0.6 is 0 Å². The lowest BCUT2D eigenvalue weighted by Crippen LogP contribution is -2.23. The maximum Gasteiger partial charge on any atom is -0.00206 e. The predicted octanol–water partition coefficient (Wildman–Crippen LogP) is 6.43. The largest absolute Gasteiger partial charge is 0.330 e. The Bertz CT molecular complexity index is 218. The quantitative estimate of drug-likeness (QED) is 0.250. The molecule has 24 heavy (non-hydrogen) atoms. The lowest BCUT2D eigenvalue weighted by atomic mass is 9.99. The molecule has 0 radical (unpaired) electrons. The van der Waals surface area contributed by atoms with E-state index >= 15 is 0 Å². The summed E-state index contributed by atoms with van der Waals surface area (Å²) < 4.78 is 0. The highest BCUT2D eigenvalue weighted by Gasteiger charge is 2.04. The molecule has 1 atom stereocenters. The molecular weight excluding hydrogens is 292 g/mol. The van der Waals surface area contributed by atoms with Crippen LogP contribution in [-0.4, -0.2) is 19.6 Å². The van der Waals surface area contributed by atoms with E-state index in [2.05, 4.69) is 19.2 Å². The maximum absolute atomic E-state index is 5.51. The topological polar surface area (TPSA) is 38.0 Å². The van der Waals surface area contributed by atoms with E-state index in [1.165, 1.54) is 116 Å². The number of hydrogen-bond donors (Lipinski definition) is 2. The molecular formula is C22H48N2. The van der Waals surface area contributed by atoms with Crippen LogP contribution in [0.3, 0.4) is 0 Å². The minimum absolute atomic E-state index is 0.869. The molecule has 0 aliphatic carbocycles. The van der Waals surface area contributed by atoms with E-state index in [0.29, 0.717) is 0 Å². The Kier molecular flexibility index (Phi) is 20.9. The molecule has 0 spiro atoms. The molecule has 0 heterocycles. The molecule has 0 aromatic rings. The Balaban J connectivity index is 3.12. The van der Waals surface area contributed by atoms with Crippen LogP contribution in [0.25, 0.3) is 0 Å². The molecule has 3 N–H and O–H groups in total. The summed E-state index contributed by atoms with van der Waals surface area (Å²) in [6.07, 6.45) is 22.3. The summed E-state index contributed by atoms with van der Waals surface area (Å²) in [4.78, 5) is 0. The fraction of sp³-hybridized carbons (Fsp3) is 1.00. The van der Waals surface area contributed by atoms with Gasteiger partial charge in [-0.3, -0.25) is 0 Å². The molecule has 0 aliphatic rings. The van der Waals surface area contributed by atoms with E-state index < -0.39 is 0 Å². The summed E-state index contributed by atoms with van der Waals surface area (Å²) in [5.74, 6) is 0.903. The Hall–Kier alpha value is -0.0800. The normalized spacial score (nSPS) is 12.6. The van der Waals surface area contributed by atoms with Gasteiger partial charge in [-0.15, -0.1) is 0 Å². The van der Waals surface area contributed by atoms with Crippen LogP contribution in [0.2, 0.25) is 0 Å². The Labute approximate surface area is 153 Å². The van der Waals surface area contributed by atoms with Crippen molar-refractivity contribution in [2.75, 3.05) is 19.6 Å². The van der Waals surface area contributed by atoms with E-state index in [9.17, 15) is 0 Å². The van der Waals surface area contributed by atoms with Gasteiger partial charge in [0.05, 0.1) is 0 Å². The highest BCUT2D eigenvalue weighted by molar-refractivity contribution is 4.61. The number of rotatable bonds is 20. The van der Waals surface area contributed by atoms with Crippen LogP contribution in [0.5, 0.6) is 0 Å². The molecule has 2 heteroatoms.